The van der Waals surface area contributed by atoms with Crippen LogP contribution in [0.4, 0.5) is 5.69 Å². The molecule has 3 rings (SSSR count). The lowest BCUT2D eigenvalue weighted by Crippen LogP contribution is -2.20. The molecule has 1 aromatic heterocycles. The van der Waals surface area contributed by atoms with Crippen molar-refractivity contribution in [2.75, 3.05) is 11.9 Å². The Balaban J connectivity index is 1.71. The van der Waals surface area contributed by atoms with E-state index in [4.69, 9.17) is 4.74 Å². The van der Waals surface area contributed by atoms with Crippen molar-refractivity contribution < 1.29 is 19.7 Å². The number of aromatic nitrogens is 1. The summed E-state index contributed by atoms with van der Waals surface area (Å²) in [5.74, 6) is -0.323. The molecular formula is C29H36N2O5. The summed E-state index contributed by atoms with van der Waals surface area (Å²) in [6.07, 6.45) is 9.68. The van der Waals surface area contributed by atoms with Crippen LogP contribution in [0.2, 0.25) is 0 Å². The molecule has 3 N–H and O–H groups in total. The number of rotatable bonds is 11. The Bertz CT molecular complexity index is 1300. The van der Waals surface area contributed by atoms with Crippen LogP contribution in [-0.4, -0.2) is 27.3 Å². The molecule has 0 saturated carbocycles. The third kappa shape index (κ3) is 6.47. The first-order chi connectivity index (χ1) is 17.2. The summed E-state index contributed by atoms with van der Waals surface area (Å²) in [5.41, 5.74) is 2.83. The molecule has 0 fully saturated rings. The quantitative estimate of drug-likeness (QED) is 0.227. The molecule has 7 nitrogen and oxygen atoms in total. The standard InChI is InChI=1S/C29H36N2O5/c1-5-6-7-8-9-10-15-36-28-27(34)23-13-12-22(18-24(23)31(4)29(28)35)30-25(32)14-11-21-16-19(2)26(33)20(3)17-21/h11-14,16-18,33-34H,5-10,15H2,1-4H3,(H,30,32)/b14-11+. The molecule has 0 bridgehead atoms. The van der Waals surface area contributed by atoms with Crippen molar-refractivity contribution in [1.82, 2.24) is 4.57 Å². The molecule has 0 saturated heterocycles. The molecule has 0 unspecified atom stereocenters. The van der Waals surface area contributed by atoms with E-state index in [1.54, 1.807) is 57.3 Å². The number of anilines is 1. The summed E-state index contributed by atoms with van der Waals surface area (Å²) in [7, 11) is 1.61. The first kappa shape index (κ1) is 26.9. The Morgan fingerprint density at radius 2 is 1.67 bits per heavy atom. The molecule has 7 heteroatoms. The van der Waals surface area contributed by atoms with Gasteiger partial charge in [0.15, 0.2) is 5.75 Å². The van der Waals surface area contributed by atoms with Gasteiger partial charge in [-0.05, 0) is 73.4 Å². The first-order valence-corrected chi connectivity index (χ1v) is 12.5. The summed E-state index contributed by atoms with van der Waals surface area (Å²) in [4.78, 5) is 25.3. The largest absolute Gasteiger partial charge is 0.507 e. The van der Waals surface area contributed by atoms with Crippen LogP contribution in [-0.2, 0) is 11.8 Å². The van der Waals surface area contributed by atoms with Crippen LogP contribution >= 0.6 is 0 Å². The van der Waals surface area contributed by atoms with Crippen LogP contribution in [0.5, 0.6) is 17.2 Å². The number of pyridine rings is 1. The summed E-state index contributed by atoms with van der Waals surface area (Å²) in [6.45, 7) is 6.16. The highest BCUT2D eigenvalue weighted by molar-refractivity contribution is 6.03. The van der Waals surface area contributed by atoms with E-state index in [1.807, 2.05) is 0 Å². The zero-order chi connectivity index (χ0) is 26.2. The number of phenolic OH excluding ortho intramolecular Hbond substituents is 1. The van der Waals surface area contributed by atoms with Crippen LogP contribution in [0.1, 0.15) is 62.1 Å². The third-order valence-electron chi connectivity index (χ3n) is 6.28. The number of phenols is 1. The second-order valence-corrected chi connectivity index (χ2v) is 9.22. The summed E-state index contributed by atoms with van der Waals surface area (Å²) >= 11 is 0. The monoisotopic (exact) mass is 492 g/mol. The lowest BCUT2D eigenvalue weighted by atomic mass is 10.1. The van der Waals surface area contributed by atoms with Crippen molar-refractivity contribution in [3.8, 4) is 17.2 Å². The van der Waals surface area contributed by atoms with Gasteiger partial charge in [-0.3, -0.25) is 9.59 Å². The number of aromatic hydroxyl groups is 2. The van der Waals surface area contributed by atoms with Crippen LogP contribution in [0.25, 0.3) is 17.0 Å². The molecule has 0 atom stereocenters. The minimum Gasteiger partial charge on any atom is -0.507 e. The second kappa shape index (κ2) is 12.3. The fourth-order valence-electron chi connectivity index (χ4n) is 4.20. The zero-order valence-electron chi connectivity index (χ0n) is 21.6. The number of hydrogen-bond acceptors (Lipinski definition) is 5. The van der Waals surface area contributed by atoms with E-state index >= 15 is 0 Å². The van der Waals surface area contributed by atoms with Gasteiger partial charge in [0.05, 0.1) is 12.1 Å². The number of carbonyl (C=O) groups excluding carboxylic acids is 1. The van der Waals surface area contributed by atoms with Gasteiger partial charge in [0.2, 0.25) is 11.7 Å². The number of aryl methyl sites for hydroxylation is 3. The number of nitrogens with zero attached hydrogens (tertiary/aromatic N) is 1. The van der Waals surface area contributed by atoms with Crippen molar-refractivity contribution >= 4 is 28.6 Å². The minimum atomic E-state index is -0.424. The number of nitrogens with one attached hydrogen (secondary N) is 1. The van der Waals surface area contributed by atoms with E-state index in [0.29, 0.717) is 23.2 Å². The van der Waals surface area contributed by atoms with Crippen molar-refractivity contribution in [3.63, 3.8) is 0 Å². The number of fused-ring (bicyclic) bond motifs is 1. The molecule has 192 valence electrons. The Labute approximate surface area is 212 Å². The van der Waals surface area contributed by atoms with Crippen LogP contribution in [0.3, 0.4) is 0 Å². The van der Waals surface area contributed by atoms with Gasteiger partial charge in [0.25, 0.3) is 5.56 Å². The molecule has 2 aromatic carbocycles. The van der Waals surface area contributed by atoms with Gasteiger partial charge in [-0.25, -0.2) is 0 Å². The molecule has 1 heterocycles. The molecule has 1 amide bonds. The molecule has 0 spiro atoms. The number of unbranched alkanes of at least 4 members (excludes halogenated alkanes) is 5. The van der Waals surface area contributed by atoms with Gasteiger partial charge in [-0.1, -0.05) is 39.0 Å². The van der Waals surface area contributed by atoms with Gasteiger partial charge < -0.3 is 24.8 Å². The lowest BCUT2D eigenvalue weighted by Gasteiger charge is -2.14. The normalized spacial score (nSPS) is 11.3. The van der Waals surface area contributed by atoms with Crippen LogP contribution in [0, 0.1) is 13.8 Å². The fourth-order valence-corrected chi connectivity index (χ4v) is 4.20. The molecule has 0 radical (unpaired) electrons. The van der Waals surface area contributed by atoms with E-state index in [0.717, 1.165) is 36.0 Å². The number of ether oxygens (including phenoxy) is 1. The van der Waals surface area contributed by atoms with Gasteiger partial charge in [-0.2, -0.15) is 0 Å². The topological polar surface area (TPSA) is 101 Å². The number of carbonyl (C=O) groups is 1. The molecule has 0 aliphatic carbocycles. The molecule has 0 aliphatic rings. The average molecular weight is 493 g/mol. The van der Waals surface area contributed by atoms with E-state index in [2.05, 4.69) is 12.2 Å². The second-order valence-electron chi connectivity index (χ2n) is 9.22. The van der Waals surface area contributed by atoms with Gasteiger partial charge in [0, 0.05) is 24.2 Å². The van der Waals surface area contributed by atoms with Crippen molar-refractivity contribution in [3.05, 3.63) is 63.5 Å². The van der Waals surface area contributed by atoms with E-state index in [1.165, 1.54) is 29.9 Å². The predicted octanol–water partition coefficient (Wildman–Crippen LogP) is 5.96. The Morgan fingerprint density at radius 3 is 2.36 bits per heavy atom. The lowest BCUT2D eigenvalue weighted by molar-refractivity contribution is -0.111. The van der Waals surface area contributed by atoms with Crippen LogP contribution in [0.15, 0.2) is 41.2 Å². The van der Waals surface area contributed by atoms with E-state index in [9.17, 15) is 19.8 Å². The minimum absolute atomic E-state index is 0.0437. The molecular weight excluding hydrogens is 456 g/mol. The highest BCUT2D eigenvalue weighted by atomic mass is 16.5. The molecule has 36 heavy (non-hydrogen) atoms. The predicted molar refractivity (Wildman–Crippen MR) is 145 cm³/mol. The van der Waals surface area contributed by atoms with E-state index < -0.39 is 5.56 Å². The third-order valence-corrected chi connectivity index (χ3v) is 6.28. The average Bonchev–Trinajstić information content (AvgIpc) is 2.85. The maximum absolute atomic E-state index is 12.8. The number of hydrogen-bond donors (Lipinski definition) is 3. The highest BCUT2D eigenvalue weighted by Crippen LogP contribution is 2.32. The maximum atomic E-state index is 12.8. The van der Waals surface area contributed by atoms with Crippen LogP contribution < -0.4 is 15.6 Å². The van der Waals surface area contributed by atoms with E-state index in [-0.39, 0.29) is 23.2 Å². The molecule has 3 aromatic rings. The Hall–Kier alpha value is -3.74. The number of amides is 1. The molecule has 0 aliphatic heterocycles. The summed E-state index contributed by atoms with van der Waals surface area (Å²) in [5, 5.41) is 23.9. The van der Waals surface area contributed by atoms with Gasteiger partial charge >= 0.3 is 0 Å². The number of benzene rings is 2. The maximum Gasteiger partial charge on any atom is 0.297 e. The Morgan fingerprint density at radius 1 is 1.00 bits per heavy atom. The summed E-state index contributed by atoms with van der Waals surface area (Å²) in [6, 6.07) is 8.58. The SMILES string of the molecule is CCCCCCCCOc1c(O)c2ccc(NC(=O)/C=C/c3cc(C)c(O)c(C)c3)cc2n(C)c1=O. The zero-order valence-corrected chi connectivity index (χ0v) is 21.6. The fraction of sp³-hybridized carbons (Fsp3) is 0.379. The first-order valence-electron chi connectivity index (χ1n) is 12.5. The van der Waals surface area contributed by atoms with Crippen molar-refractivity contribution in [2.24, 2.45) is 7.05 Å². The highest BCUT2D eigenvalue weighted by Gasteiger charge is 2.16. The van der Waals surface area contributed by atoms with Crippen molar-refractivity contribution in [2.45, 2.75) is 59.3 Å². The summed E-state index contributed by atoms with van der Waals surface area (Å²) < 4.78 is 7.09. The van der Waals surface area contributed by atoms with Gasteiger partial charge in [-0.15, -0.1) is 0 Å². The smallest absolute Gasteiger partial charge is 0.297 e. The van der Waals surface area contributed by atoms with Gasteiger partial charge in [0.1, 0.15) is 5.75 Å². The van der Waals surface area contributed by atoms with Crippen molar-refractivity contribution in [1.29, 1.82) is 0 Å². The Kier molecular flexibility index (Phi) is 9.17.